The van der Waals surface area contributed by atoms with Gasteiger partial charge in [-0.3, -0.25) is 9.59 Å². The maximum atomic E-state index is 12.6. The van der Waals surface area contributed by atoms with Crippen molar-refractivity contribution in [1.82, 2.24) is 4.90 Å². The molecule has 1 aliphatic carbocycles. The number of anilines is 1. The number of nitrogens with one attached hydrogen (secondary N) is 1. The molecule has 0 aliphatic heterocycles. The summed E-state index contributed by atoms with van der Waals surface area (Å²) in [5.74, 6) is 0.511. The van der Waals surface area contributed by atoms with Gasteiger partial charge >= 0.3 is 0 Å². The van der Waals surface area contributed by atoms with E-state index in [-0.39, 0.29) is 11.8 Å². The van der Waals surface area contributed by atoms with Crippen molar-refractivity contribution < 1.29 is 9.59 Å². The average molecular weight is 288 g/mol. The molecule has 114 valence electrons. The van der Waals surface area contributed by atoms with Gasteiger partial charge in [-0.15, -0.1) is 0 Å². The Morgan fingerprint density at radius 2 is 1.76 bits per heavy atom. The Morgan fingerprint density at radius 1 is 1.14 bits per heavy atom. The van der Waals surface area contributed by atoms with E-state index in [0.29, 0.717) is 23.2 Å². The zero-order chi connectivity index (χ0) is 15.4. The van der Waals surface area contributed by atoms with E-state index in [1.807, 2.05) is 11.9 Å². The van der Waals surface area contributed by atoms with Crippen LogP contribution in [0.5, 0.6) is 0 Å². The van der Waals surface area contributed by atoms with Crippen LogP contribution in [0.2, 0.25) is 0 Å². The lowest BCUT2D eigenvalue weighted by Crippen LogP contribution is -2.42. The van der Waals surface area contributed by atoms with E-state index in [0.717, 1.165) is 6.42 Å². The van der Waals surface area contributed by atoms with Gasteiger partial charge in [0, 0.05) is 31.3 Å². The van der Waals surface area contributed by atoms with Crippen LogP contribution in [0.3, 0.4) is 0 Å². The monoisotopic (exact) mass is 288 g/mol. The molecule has 4 nitrogen and oxygen atoms in total. The Kier molecular flexibility index (Phi) is 4.99. The van der Waals surface area contributed by atoms with Crippen LogP contribution < -0.4 is 5.32 Å². The second-order valence-electron chi connectivity index (χ2n) is 6.00. The number of carbonyl (C=O) groups is 2. The third kappa shape index (κ3) is 3.84. The second kappa shape index (κ2) is 6.74. The standard InChI is InChI=1S/C17H24N2O2/c1-12-6-4-5-7-16(12)19(3)17(21)14-8-10-15(11-9-14)18-13(2)20/h8-12,16H,4-7H2,1-3H3,(H,18,20). The highest BCUT2D eigenvalue weighted by Gasteiger charge is 2.28. The van der Waals surface area contributed by atoms with Gasteiger partial charge in [0.2, 0.25) is 5.91 Å². The van der Waals surface area contributed by atoms with E-state index in [9.17, 15) is 9.59 Å². The molecule has 0 spiro atoms. The summed E-state index contributed by atoms with van der Waals surface area (Å²) in [6.07, 6.45) is 4.76. The van der Waals surface area contributed by atoms with Gasteiger partial charge in [0.25, 0.3) is 5.91 Å². The van der Waals surface area contributed by atoms with Crippen LogP contribution in [0.25, 0.3) is 0 Å². The lowest BCUT2D eigenvalue weighted by molar-refractivity contribution is -0.114. The maximum absolute atomic E-state index is 12.6. The first-order chi connectivity index (χ1) is 9.99. The maximum Gasteiger partial charge on any atom is 0.253 e. The fourth-order valence-electron chi connectivity index (χ4n) is 3.13. The first-order valence-corrected chi connectivity index (χ1v) is 7.64. The number of carbonyl (C=O) groups excluding carboxylic acids is 2. The van der Waals surface area contributed by atoms with Gasteiger partial charge in [0.15, 0.2) is 0 Å². The van der Waals surface area contributed by atoms with Gasteiger partial charge in [-0.05, 0) is 43.0 Å². The third-order valence-corrected chi connectivity index (χ3v) is 4.34. The van der Waals surface area contributed by atoms with E-state index >= 15 is 0 Å². The minimum Gasteiger partial charge on any atom is -0.338 e. The molecular weight excluding hydrogens is 264 g/mol. The van der Waals surface area contributed by atoms with E-state index in [2.05, 4.69) is 12.2 Å². The van der Waals surface area contributed by atoms with Crippen molar-refractivity contribution in [1.29, 1.82) is 0 Å². The van der Waals surface area contributed by atoms with Crippen molar-refractivity contribution in [3.05, 3.63) is 29.8 Å². The molecule has 2 rings (SSSR count). The first kappa shape index (κ1) is 15.5. The van der Waals surface area contributed by atoms with Crippen LogP contribution >= 0.6 is 0 Å². The molecule has 2 amide bonds. The Balaban J connectivity index is 2.06. The molecule has 1 saturated carbocycles. The fourth-order valence-corrected chi connectivity index (χ4v) is 3.13. The normalized spacial score (nSPS) is 21.7. The lowest BCUT2D eigenvalue weighted by atomic mass is 9.85. The molecule has 0 radical (unpaired) electrons. The van der Waals surface area contributed by atoms with Gasteiger partial charge in [-0.1, -0.05) is 19.8 Å². The van der Waals surface area contributed by atoms with Crippen molar-refractivity contribution in [3.8, 4) is 0 Å². The summed E-state index contributed by atoms with van der Waals surface area (Å²) in [4.78, 5) is 25.4. The number of hydrogen-bond donors (Lipinski definition) is 1. The number of nitrogens with zero attached hydrogens (tertiary/aromatic N) is 1. The van der Waals surface area contributed by atoms with Crippen molar-refractivity contribution in [2.24, 2.45) is 5.92 Å². The topological polar surface area (TPSA) is 49.4 Å². The van der Waals surface area contributed by atoms with E-state index in [4.69, 9.17) is 0 Å². The summed E-state index contributed by atoms with van der Waals surface area (Å²) in [6, 6.07) is 7.43. The number of hydrogen-bond acceptors (Lipinski definition) is 2. The van der Waals surface area contributed by atoms with Gasteiger partial charge in [0.05, 0.1) is 0 Å². The van der Waals surface area contributed by atoms with Crippen LogP contribution in [0.1, 0.15) is 49.9 Å². The van der Waals surface area contributed by atoms with Crippen molar-refractivity contribution in [3.63, 3.8) is 0 Å². The third-order valence-electron chi connectivity index (χ3n) is 4.34. The van der Waals surface area contributed by atoms with Crippen LogP contribution in [0.4, 0.5) is 5.69 Å². The quantitative estimate of drug-likeness (QED) is 0.927. The SMILES string of the molecule is CC(=O)Nc1ccc(C(=O)N(C)C2CCCCC2C)cc1. The summed E-state index contributed by atoms with van der Waals surface area (Å²) in [7, 11) is 1.90. The molecule has 1 aromatic carbocycles. The van der Waals surface area contributed by atoms with E-state index < -0.39 is 0 Å². The number of benzene rings is 1. The molecule has 21 heavy (non-hydrogen) atoms. The van der Waals surface area contributed by atoms with Crippen LogP contribution in [0.15, 0.2) is 24.3 Å². The lowest BCUT2D eigenvalue weighted by Gasteiger charge is -2.36. The molecule has 2 unspecified atom stereocenters. The molecule has 0 aromatic heterocycles. The van der Waals surface area contributed by atoms with Crippen molar-refractivity contribution in [2.45, 2.75) is 45.6 Å². The van der Waals surface area contributed by atoms with Gasteiger partial charge in [0.1, 0.15) is 0 Å². The molecular formula is C17H24N2O2. The largest absolute Gasteiger partial charge is 0.338 e. The molecule has 0 bridgehead atoms. The zero-order valence-electron chi connectivity index (χ0n) is 13.1. The summed E-state index contributed by atoms with van der Waals surface area (Å²) < 4.78 is 0. The summed E-state index contributed by atoms with van der Waals surface area (Å²) in [6.45, 7) is 3.70. The van der Waals surface area contributed by atoms with Gasteiger partial charge < -0.3 is 10.2 Å². The molecule has 1 fully saturated rings. The first-order valence-electron chi connectivity index (χ1n) is 7.64. The Labute approximate surface area is 126 Å². The van der Waals surface area contributed by atoms with Crippen molar-refractivity contribution in [2.75, 3.05) is 12.4 Å². The second-order valence-corrected chi connectivity index (χ2v) is 6.00. The highest BCUT2D eigenvalue weighted by Crippen LogP contribution is 2.28. The predicted octanol–water partition coefficient (Wildman–Crippen LogP) is 3.30. The Morgan fingerprint density at radius 3 is 2.33 bits per heavy atom. The fraction of sp³-hybridized carbons (Fsp3) is 0.529. The molecule has 4 heteroatoms. The molecule has 0 heterocycles. The van der Waals surface area contributed by atoms with Crippen molar-refractivity contribution >= 4 is 17.5 Å². The van der Waals surface area contributed by atoms with E-state index in [1.54, 1.807) is 24.3 Å². The summed E-state index contributed by atoms with van der Waals surface area (Å²) in [5.41, 5.74) is 1.39. The zero-order valence-corrected chi connectivity index (χ0v) is 13.1. The number of rotatable bonds is 3. The highest BCUT2D eigenvalue weighted by molar-refractivity contribution is 5.95. The van der Waals surface area contributed by atoms with Crippen LogP contribution in [-0.4, -0.2) is 29.8 Å². The molecule has 0 saturated heterocycles. The molecule has 1 N–H and O–H groups in total. The highest BCUT2D eigenvalue weighted by atomic mass is 16.2. The predicted molar refractivity (Wildman–Crippen MR) is 84.3 cm³/mol. The smallest absolute Gasteiger partial charge is 0.253 e. The minimum absolute atomic E-state index is 0.0584. The minimum atomic E-state index is -0.109. The summed E-state index contributed by atoms with van der Waals surface area (Å²) in [5, 5.41) is 2.71. The molecule has 1 aromatic rings. The van der Waals surface area contributed by atoms with E-state index in [1.165, 1.54) is 26.2 Å². The van der Waals surface area contributed by atoms with Gasteiger partial charge in [-0.2, -0.15) is 0 Å². The molecule has 1 aliphatic rings. The van der Waals surface area contributed by atoms with Gasteiger partial charge in [-0.25, -0.2) is 0 Å². The molecule has 2 atom stereocenters. The Hall–Kier alpha value is -1.84. The van der Waals surface area contributed by atoms with Crippen LogP contribution in [0, 0.1) is 5.92 Å². The van der Waals surface area contributed by atoms with Crippen LogP contribution in [-0.2, 0) is 4.79 Å². The number of amides is 2. The Bertz CT molecular complexity index is 510. The average Bonchev–Trinajstić information content (AvgIpc) is 2.46. The summed E-state index contributed by atoms with van der Waals surface area (Å²) >= 11 is 0.